The minimum atomic E-state index is -4.96. The van der Waals surface area contributed by atoms with Crippen LogP contribution in [0.25, 0.3) is 0 Å². The van der Waals surface area contributed by atoms with Crippen LogP contribution in [0.3, 0.4) is 0 Å². The Morgan fingerprint density at radius 1 is 0.273 bits per heavy atom. The highest BCUT2D eigenvalue weighted by molar-refractivity contribution is 7.47. The van der Waals surface area contributed by atoms with Gasteiger partial charge in [0, 0.05) is 25.7 Å². The van der Waals surface area contributed by atoms with Gasteiger partial charge in [-0.2, -0.15) is 0 Å². The van der Waals surface area contributed by atoms with Gasteiger partial charge in [-0.1, -0.05) is 363 Å². The van der Waals surface area contributed by atoms with Crippen LogP contribution in [0.1, 0.15) is 414 Å². The topological polar surface area (TPSA) is 237 Å². The Labute approximate surface area is 607 Å². The van der Waals surface area contributed by atoms with Crippen LogP contribution in [0.2, 0.25) is 0 Å². The quantitative estimate of drug-likeness (QED) is 0.0222. The predicted octanol–water partition coefficient (Wildman–Crippen LogP) is 23.7. The van der Waals surface area contributed by atoms with E-state index in [2.05, 4.69) is 48.5 Å². The zero-order valence-corrected chi connectivity index (χ0v) is 66.8. The number of aliphatic hydroxyl groups excluding tert-OH is 1. The largest absolute Gasteiger partial charge is 0.472 e. The van der Waals surface area contributed by atoms with Crippen LogP contribution in [-0.2, 0) is 65.4 Å². The first-order valence-corrected chi connectivity index (χ1v) is 44.3. The Balaban J connectivity index is 5.19. The molecule has 99 heavy (non-hydrogen) atoms. The van der Waals surface area contributed by atoms with Gasteiger partial charge in [-0.15, -0.1) is 0 Å². The molecule has 19 heteroatoms. The maximum absolute atomic E-state index is 13.1. The molecule has 0 radical (unpaired) electrons. The molecule has 0 heterocycles. The molecule has 0 fully saturated rings. The summed E-state index contributed by atoms with van der Waals surface area (Å²) in [5.74, 6) is 0.0893. The van der Waals surface area contributed by atoms with Crippen molar-refractivity contribution in [3.63, 3.8) is 0 Å². The highest BCUT2D eigenvalue weighted by Gasteiger charge is 2.30. The van der Waals surface area contributed by atoms with E-state index < -0.39 is 97.5 Å². The number of rotatable bonds is 78. The third-order valence-corrected chi connectivity index (χ3v) is 20.5. The molecule has 0 saturated carbocycles. The summed E-state index contributed by atoms with van der Waals surface area (Å²) in [6.45, 7) is 11.8. The van der Waals surface area contributed by atoms with Crippen molar-refractivity contribution in [2.45, 2.75) is 433 Å². The Kier molecular flexibility index (Phi) is 69.0. The van der Waals surface area contributed by atoms with Crippen LogP contribution >= 0.6 is 15.6 Å². The predicted molar refractivity (Wildman–Crippen MR) is 405 cm³/mol. The first-order chi connectivity index (χ1) is 47.7. The molecule has 0 aromatic heterocycles. The summed E-state index contributed by atoms with van der Waals surface area (Å²) in [6.07, 6.45) is 58.7. The van der Waals surface area contributed by atoms with Gasteiger partial charge in [0.1, 0.15) is 19.3 Å². The van der Waals surface area contributed by atoms with E-state index >= 15 is 0 Å². The zero-order chi connectivity index (χ0) is 73.0. The van der Waals surface area contributed by atoms with Gasteiger partial charge in [0.2, 0.25) is 0 Å². The number of phosphoric ester groups is 2. The summed E-state index contributed by atoms with van der Waals surface area (Å²) in [6, 6.07) is 0. The molecule has 0 aromatic rings. The molecule has 0 aromatic carbocycles. The lowest BCUT2D eigenvalue weighted by Crippen LogP contribution is -2.30. The second-order valence-corrected chi connectivity index (χ2v) is 33.1. The normalized spacial score (nSPS) is 14.0. The van der Waals surface area contributed by atoms with Gasteiger partial charge in [0.25, 0.3) is 0 Å². The van der Waals surface area contributed by atoms with Crippen LogP contribution in [-0.4, -0.2) is 96.7 Å². The summed E-state index contributed by atoms with van der Waals surface area (Å²) in [5, 5.41) is 10.6. The van der Waals surface area contributed by atoms with Crippen LogP contribution in [0.15, 0.2) is 0 Å². The second kappa shape index (κ2) is 70.4. The van der Waals surface area contributed by atoms with Crippen LogP contribution in [0, 0.1) is 17.8 Å². The van der Waals surface area contributed by atoms with Crippen LogP contribution in [0.5, 0.6) is 0 Å². The van der Waals surface area contributed by atoms with Crippen molar-refractivity contribution in [2.75, 3.05) is 39.6 Å². The van der Waals surface area contributed by atoms with Crippen molar-refractivity contribution in [2.24, 2.45) is 17.8 Å². The fourth-order valence-corrected chi connectivity index (χ4v) is 13.9. The lowest BCUT2D eigenvalue weighted by Gasteiger charge is -2.21. The molecule has 588 valence electrons. The Morgan fingerprint density at radius 3 is 0.687 bits per heavy atom. The number of unbranched alkanes of at least 4 members (excludes halogenated alkanes) is 46. The van der Waals surface area contributed by atoms with Crippen molar-refractivity contribution in [3.8, 4) is 0 Å². The number of hydrogen-bond donors (Lipinski definition) is 3. The second-order valence-electron chi connectivity index (χ2n) is 30.2. The van der Waals surface area contributed by atoms with Gasteiger partial charge in [-0.25, -0.2) is 9.13 Å². The summed E-state index contributed by atoms with van der Waals surface area (Å²) >= 11 is 0. The Hall–Kier alpha value is -1.94. The fourth-order valence-electron chi connectivity index (χ4n) is 12.3. The van der Waals surface area contributed by atoms with Gasteiger partial charge < -0.3 is 33.8 Å². The van der Waals surface area contributed by atoms with E-state index in [1.54, 1.807) is 0 Å². The smallest absolute Gasteiger partial charge is 0.462 e. The molecule has 0 saturated heterocycles. The van der Waals surface area contributed by atoms with E-state index in [1.165, 1.54) is 218 Å². The molecule has 0 aliphatic rings. The monoisotopic (exact) mass is 1450 g/mol. The average molecular weight is 1450 g/mol. The number of phosphoric acid groups is 2. The number of carbonyl (C=O) groups excluding carboxylic acids is 4. The number of carbonyl (C=O) groups is 4. The molecule has 0 rings (SSSR count). The van der Waals surface area contributed by atoms with Crippen molar-refractivity contribution >= 4 is 39.5 Å². The average Bonchev–Trinajstić information content (AvgIpc) is 0.954. The molecule has 2 unspecified atom stereocenters. The van der Waals surface area contributed by atoms with Gasteiger partial charge in [-0.3, -0.25) is 37.3 Å². The molecule has 5 atom stereocenters. The summed E-state index contributed by atoms with van der Waals surface area (Å²) < 4.78 is 68.6. The van der Waals surface area contributed by atoms with Gasteiger partial charge >= 0.3 is 39.5 Å². The van der Waals surface area contributed by atoms with Crippen LogP contribution in [0.4, 0.5) is 0 Å². The minimum absolute atomic E-state index is 0.103. The highest BCUT2D eigenvalue weighted by Crippen LogP contribution is 2.45. The molecule has 3 N–H and O–H groups in total. The summed E-state index contributed by atoms with van der Waals surface area (Å²) in [7, 11) is -9.92. The fraction of sp³-hybridized carbons (Fsp3) is 0.950. The molecule has 0 spiro atoms. The molecule has 17 nitrogen and oxygen atoms in total. The maximum Gasteiger partial charge on any atom is 0.472 e. The minimum Gasteiger partial charge on any atom is -0.462 e. The molecular formula is C80H156O17P2. The zero-order valence-electron chi connectivity index (χ0n) is 65.0. The highest BCUT2D eigenvalue weighted by atomic mass is 31.2. The van der Waals surface area contributed by atoms with E-state index in [9.17, 15) is 43.2 Å². The van der Waals surface area contributed by atoms with Crippen molar-refractivity contribution in [3.05, 3.63) is 0 Å². The molecule has 0 aliphatic heterocycles. The van der Waals surface area contributed by atoms with E-state index in [0.717, 1.165) is 102 Å². The SMILES string of the molecule is CCCCCCCCCCCCCCCCCCCCCCCC(=O)O[C@H](COC(=O)CCCCCCCCCCCCCCCCCC(C)C)COP(=O)(O)OC[C@@H](O)COP(=O)(O)OC[C@@H](COC(=O)CCCCCCCCCC(C)C)OC(=O)CCCCCCCCCC(C)C. The molecule has 0 bridgehead atoms. The van der Waals surface area contributed by atoms with Gasteiger partial charge in [0.15, 0.2) is 12.2 Å². The van der Waals surface area contributed by atoms with E-state index in [1.807, 2.05) is 0 Å². The first-order valence-electron chi connectivity index (χ1n) is 41.3. The number of esters is 4. The molecule has 0 amide bonds. The van der Waals surface area contributed by atoms with Gasteiger partial charge in [-0.05, 0) is 43.4 Å². The van der Waals surface area contributed by atoms with Crippen molar-refractivity contribution < 1.29 is 80.2 Å². The van der Waals surface area contributed by atoms with E-state index in [0.29, 0.717) is 37.5 Å². The standard InChI is InChI=1S/C80H156O17P2/c1-8-9-10-11-12-13-14-15-16-17-18-19-20-21-24-28-31-34-41-49-56-63-79(84)96-75(67-90-77(82)61-54-47-40-33-30-27-25-22-23-26-29-32-37-44-51-58-71(2)3)69-94-98(86,87)92-65-74(81)66-93-99(88,89)95-70-76(97-80(85)64-57-50-43-36-39-46-53-60-73(6)7)68-91-78(83)62-55-48-42-35-38-45-52-59-72(4)5/h71-76,81H,8-70H2,1-7H3,(H,86,87)(H,88,89)/t74-,75-,76-/m1/s1. The number of ether oxygens (including phenoxy) is 4. The third kappa shape index (κ3) is 74.1. The number of hydrogen-bond acceptors (Lipinski definition) is 15. The Bertz CT molecular complexity index is 1920. The van der Waals surface area contributed by atoms with Crippen molar-refractivity contribution in [1.82, 2.24) is 0 Å². The van der Waals surface area contributed by atoms with E-state index in [-0.39, 0.29) is 25.7 Å². The summed E-state index contributed by atoms with van der Waals surface area (Å²) in [5.41, 5.74) is 0. The van der Waals surface area contributed by atoms with Crippen LogP contribution < -0.4 is 0 Å². The van der Waals surface area contributed by atoms with Gasteiger partial charge in [0.05, 0.1) is 26.4 Å². The Morgan fingerprint density at radius 2 is 0.465 bits per heavy atom. The lowest BCUT2D eigenvalue weighted by molar-refractivity contribution is -0.161. The van der Waals surface area contributed by atoms with Crippen molar-refractivity contribution in [1.29, 1.82) is 0 Å². The van der Waals surface area contributed by atoms with E-state index in [4.69, 9.17) is 37.0 Å². The maximum atomic E-state index is 13.1. The lowest BCUT2D eigenvalue weighted by atomic mass is 10.0. The molecular weight excluding hydrogens is 1290 g/mol. The number of aliphatic hydroxyl groups is 1. The molecule has 0 aliphatic carbocycles. The third-order valence-electron chi connectivity index (χ3n) is 18.6. The first kappa shape index (κ1) is 97.1. The summed E-state index contributed by atoms with van der Waals surface area (Å²) in [4.78, 5) is 72.9.